The summed E-state index contributed by atoms with van der Waals surface area (Å²) in [7, 11) is 1.52. The first kappa shape index (κ1) is 14.5. The third-order valence-electron chi connectivity index (χ3n) is 3.28. The standard InChI is InChI=1S/C13H17NO6/c1-8-3-5-19-11(8)10-12(13(16)17)20-7-9(15)14(10)4-6-18-2/h3,5,10,12H,4,6-7H2,1-2H3,(H,16,17). The summed E-state index contributed by atoms with van der Waals surface area (Å²) in [6.45, 7) is 2.14. The molecule has 2 unspecified atom stereocenters. The van der Waals surface area contributed by atoms with Crippen LogP contribution in [0.5, 0.6) is 0 Å². The number of amides is 1. The van der Waals surface area contributed by atoms with E-state index in [4.69, 9.17) is 13.9 Å². The molecule has 1 amide bonds. The molecule has 1 aliphatic rings. The molecule has 0 aromatic carbocycles. The second-order valence-corrected chi connectivity index (χ2v) is 4.56. The van der Waals surface area contributed by atoms with Gasteiger partial charge >= 0.3 is 5.97 Å². The maximum atomic E-state index is 12.0. The second kappa shape index (κ2) is 6.06. The topological polar surface area (TPSA) is 89.2 Å². The molecule has 0 saturated carbocycles. The van der Waals surface area contributed by atoms with E-state index in [1.807, 2.05) is 0 Å². The van der Waals surface area contributed by atoms with Crippen molar-refractivity contribution in [3.05, 3.63) is 23.7 Å². The lowest BCUT2D eigenvalue weighted by atomic mass is 10.0. The molecule has 20 heavy (non-hydrogen) atoms. The molecule has 0 radical (unpaired) electrons. The number of hydrogen-bond acceptors (Lipinski definition) is 5. The number of aliphatic carboxylic acids is 1. The van der Waals surface area contributed by atoms with Gasteiger partial charge in [0, 0.05) is 13.7 Å². The lowest BCUT2D eigenvalue weighted by Crippen LogP contribution is -2.52. The molecule has 1 N–H and O–H groups in total. The van der Waals surface area contributed by atoms with E-state index in [1.165, 1.54) is 18.3 Å². The SMILES string of the molecule is COCCN1C(=O)COC(C(=O)O)C1c1occc1C. The molecule has 1 aromatic heterocycles. The van der Waals surface area contributed by atoms with Gasteiger partial charge in [0.15, 0.2) is 6.10 Å². The maximum absolute atomic E-state index is 12.0. The molecule has 7 heteroatoms. The molecule has 1 saturated heterocycles. The Morgan fingerprint density at radius 2 is 2.35 bits per heavy atom. The van der Waals surface area contributed by atoms with Gasteiger partial charge in [0.2, 0.25) is 5.91 Å². The third-order valence-corrected chi connectivity index (χ3v) is 3.28. The van der Waals surface area contributed by atoms with E-state index >= 15 is 0 Å². The van der Waals surface area contributed by atoms with Crippen LogP contribution in [0, 0.1) is 6.92 Å². The van der Waals surface area contributed by atoms with Crippen LogP contribution in [-0.2, 0) is 19.1 Å². The summed E-state index contributed by atoms with van der Waals surface area (Å²) in [5, 5.41) is 9.29. The number of ether oxygens (including phenoxy) is 2. The molecule has 1 aliphatic heterocycles. The van der Waals surface area contributed by atoms with E-state index in [0.29, 0.717) is 12.4 Å². The lowest BCUT2D eigenvalue weighted by Gasteiger charge is -2.38. The highest BCUT2D eigenvalue weighted by atomic mass is 16.5. The number of carboxylic acids is 1. The monoisotopic (exact) mass is 283 g/mol. The Balaban J connectivity index is 2.36. The summed E-state index contributed by atoms with van der Waals surface area (Å²) in [6, 6.07) is 0.945. The van der Waals surface area contributed by atoms with Gasteiger partial charge in [-0.2, -0.15) is 0 Å². The summed E-state index contributed by atoms with van der Waals surface area (Å²) in [5.41, 5.74) is 0.780. The predicted molar refractivity (Wildman–Crippen MR) is 67.2 cm³/mol. The van der Waals surface area contributed by atoms with Gasteiger partial charge in [-0.15, -0.1) is 0 Å². The average molecular weight is 283 g/mol. The summed E-state index contributed by atoms with van der Waals surface area (Å²) in [6.07, 6.45) is 0.325. The van der Waals surface area contributed by atoms with Crippen LogP contribution in [0.15, 0.2) is 16.7 Å². The Kier molecular flexibility index (Phi) is 4.41. The van der Waals surface area contributed by atoms with Crippen LogP contribution in [-0.4, -0.2) is 54.9 Å². The second-order valence-electron chi connectivity index (χ2n) is 4.56. The van der Waals surface area contributed by atoms with E-state index in [9.17, 15) is 14.7 Å². The number of morpholine rings is 1. The molecular formula is C13H17NO6. The van der Waals surface area contributed by atoms with Crippen molar-refractivity contribution in [3.63, 3.8) is 0 Å². The van der Waals surface area contributed by atoms with Crippen LogP contribution in [0.3, 0.4) is 0 Å². The number of carbonyl (C=O) groups is 2. The quantitative estimate of drug-likeness (QED) is 0.850. The van der Waals surface area contributed by atoms with Crippen molar-refractivity contribution in [2.75, 3.05) is 26.9 Å². The summed E-state index contributed by atoms with van der Waals surface area (Å²) < 4.78 is 15.5. The lowest BCUT2D eigenvalue weighted by molar-refractivity contribution is -0.175. The molecule has 0 aliphatic carbocycles. The maximum Gasteiger partial charge on any atom is 0.335 e. The molecule has 0 bridgehead atoms. The number of hydrogen-bond donors (Lipinski definition) is 1. The minimum absolute atomic E-state index is 0.253. The molecule has 2 atom stereocenters. The van der Waals surface area contributed by atoms with Crippen LogP contribution in [0.2, 0.25) is 0 Å². The third kappa shape index (κ3) is 2.68. The first-order chi connectivity index (χ1) is 9.56. The minimum atomic E-state index is -1.14. The molecule has 110 valence electrons. The molecule has 2 rings (SSSR count). The number of aryl methyl sites for hydroxylation is 1. The zero-order valence-corrected chi connectivity index (χ0v) is 11.4. The van der Waals surface area contributed by atoms with Crippen molar-refractivity contribution in [2.45, 2.75) is 19.1 Å². The van der Waals surface area contributed by atoms with Crippen LogP contribution >= 0.6 is 0 Å². The highest BCUT2D eigenvalue weighted by Gasteiger charge is 2.43. The van der Waals surface area contributed by atoms with Crippen molar-refractivity contribution in [3.8, 4) is 0 Å². The number of furan rings is 1. The van der Waals surface area contributed by atoms with E-state index in [0.717, 1.165) is 5.56 Å². The molecule has 2 heterocycles. The van der Waals surface area contributed by atoms with Crippen molar-refractivity contribution in [1.29, 1.82) is 0 Å². The van der Waals surface area contributed by atoms with Gasteiger partial charge in [0.25, 0.3) is 0 Å². The van der Waals surface area contributed by atoms with Crippen LogP contribution in [0.1, 0.15) is 17.4 Å². The van der Waals surface area contributed by atoms with Gasteiger partial charge in [0.1, 0.15) is 18.4 Å². The predicted octanol–water partition coefficient (Wildman–Crippen LogP) is 0.588. The van der Waals surface area contributed by atoms with E-state index in [1.54, 1.807) is 13.0 Å². The fraction of sp³-hybridized carbons (Fsp3) is 0.538. The fourth-order valence-electron chi connectivity index (χ4n) is 2.28. The van der Waals surface area contributed by atoms with Crippen molar-refractivity contribution >= 4 is 11.9 Å². The van der Waals surface area contributed by atoms with E-state index in [-0.39, 0.29) is 19.1 Å². The van der Waals surface area contributed by atoms with Crippen LogP contribution in [0.4, 0.5) is 0 Å². The van der Waals surface area contributed by atoms with Crippen LogP contribution < -0.4 is 0 Å². The van der Waals surface area contributed by atoms with Crippen LogP contribution in [0.25, 0.3) is 0 Å². The minimum Gasteiger partial charge on any atom is -0.479 e. The molecule has 1 fully saturated rings. The van der Waals surface area contributed by atoms with Crippen molar-refractivity contribution in [2.24, 2.45) is 0 Å². The highest BCUT2D eigenvalue weighted by Crippen LogP contribution is 2.32. The number of carboxylic acid groups (broad SMARTS) is 1. The van der Waals surface area contributed by atoms with Crippen molar-refractivity contribution < 1.29 is 28.6 Å². The Bertz CT molecular complexity index is 497. The Morgan fingerprint density at radius 1 is 1.60 bits per heavy atom. The molecule has 7 nitrogen and oxygen atoms in total. The highest BCUT2D eigenvalue weighted by molar-refractivity contribution is 5.82. The van der Waals surface area contributed by atoms with Gasteiger partial charge in [0.05, 0.1) is 12.9 Å². The van der Waals surface area contributed by atoms with Gasteiger partial charge in [-0.3, -0.25) is 4.79 Å². The molecule has 0 spiro atoms. The Hall–Kier alpha value is -1.86. The van der Waals surface area contributed by atoms with Crippen molar-refractivity contribution in [1.82, 2.24) is 4.90 Å². The number of carbonyl (C=O) groups excluding carboxylic acids is 1. The summed E-state index contributed by atoms with van der Waals surface area (Å²) in [4.78, 5) is 24.8. The van der Waals surface area contributed by atoms with Gasteiger partial charge in [-0.25, -0.2) is 4.79 Å². The molecular weight excluding hydrogens is 266 g/mol. The largest absolute Gasteiger partial charge is 0.479 e. The number of rotatable bonds is 5. The Morgan fingerprint density at radius 3 is 2.90 bits per heavy atom. The summed E-state index contributed by atoms with van der Waals surface area (Å²) in [5.74, 6) is -0.970. The van der Waals surface area contributed by atoms with Gasteiger partial charge < -0.3 is 23.9 Å². The fourth-order valence-corrected chi connectivity index (χ4v) is 2.28. The number of nitrogens with zero attached hydrogens (tertiary/aromatic N) is 1. The number of methoxy groups -OCH3 is 1. The van der Waals surface area contributed by atoms with E-state index < -0.39 is 18.1 Å². The molecule has 1 aromatic rings. The first-order valence-electron chi connectivity index (χ1n) is 6.23. The van der Waals surface area contributed by atoms with Gasteiger partial charge in [-0.05, 0) is 18.6 Å². The normalized spacial score (nSPS) is 23.1. The smallest absolute Gasteiger partial charge is 0.335 e. The zero-order chi connectivity index (χ0) is 14.7. The van der Waals surface area contributed by atoms with E-state index in [2.05, 4.69) is 0 Å². The van der Waals surface area contributed by atoms with Gasteiger partial charge in [-0.1, -0.05) is 0 Å². The average Bonchev–Trinajstić information content (AvgIpc) is 2.82. The summed E-state index contributed by atoms with van der Waals surface area (Å²) >= 11 is 0. The Labute approximate surface area is 116 Å². The first-order valence-corrected chi connectivity index (χ1v) is 6.23. The zero-order valence-electron chi connectivity index (χ0n) is 11.4.